The highest BCUT2D eigenvalue weighted by molar-refractivity contribution is 5.73. The molecule has 2 atom stereocenters. The van der Waals surface area contributed by atoms with E-state index in [2.05, 4.69) is 6.07 Å². The Labute approximate surface area is 148 Å². The molecule has 0 aliphatic carbocycles. The Morgan fingerprint density at radius 3 is 2.56 bits per heavy atom. The number of methoxy groups -OCH3 is 1. The van der Waals surface area contributed by atoms with Crippen LogP contribution in [0.3, 0.4) is 0 Å². The molecule has 5 heteroatoms. The van der Waals surface area contributed by atoms with Gasteiger partial charge in [-0.2, -0.15) is 5.26 Å². The third kappa shape index (κ3) is 5.71. The van der Waals surface area contributed by atoms with Crippen molar-refractivity contribution in [1.29, 1.82) is 5.26 Å². The van der Waals surface area contributed by atoms with Crippen molar-refractivity contribution in [2.75, 3.05) is 13.7 Å². The van der Waals surface area contributed by atoms with E-state index in [1.807, 2.05) is 36.4 Å². The maximum absolute atomic E-state index is 12.1. The lowest BCUT2D eigenvalue weighted by Crippen LogP contribution is -2.41. The average molecular weight is 338 g/mol. The van der Waals surface area contributed by atoms with Crippen LogP contribution in [-0.4, -0.2) is 25.7 Å². The fourth-order valence-corrected chi connectivity index (χ4v) is 2.59. The number of rotatable bonds is 8. The Morgan fingerprint density at radius 2 is 1.88 bits per heavy atom. The number of nitriles is 1. The first-order valence-corrected chi connectivity index (χ1v) is 8.08. The molecule has 0 aliphatic heterocycles. The Balaban J connectivity index is 1.98. The van der Waals surface area contributed by atoms with Crippen LogP contribution in [0.4, 0.5) is 0 Å². The minimum Gasteiger partial charge on any atom is -0.469 e. The van der Waals surface area contributed by atoms with Gasteiger partial charge in [0, 0.05) is 6.04 Å². The molecule has 0 aliphatic rings. The van der Waals surface area contributed by atoms with E-state index < -0.39 is 12.0 Å². The molecule has 130 valence electrons. The third-order valence-corrected chi connectivity index (χ3v) is 3.95. The quantitative estimate of drug-likeness (QED) is 0.747. The van der Waals surface area contributed by atoms with Crippen molar-refractivity contribution in [3.05, 3.63) is 71.3 Å². The fraction of sp³-hybridized carbons (Fsp3) is 0.300. The minimum atomic E-state index is -0.533. The zero-order chi connectivity index (χ0) is 18.1. The van der Waals surface area contributed by atoms with Crippen molar-refractivity contribution in [1.82, 2.24) is 0 Å². The Morgan fingerprint density at radius 1 is 1.16 bits per heavy atom. The molecule has 0 radical (unpaired) electrons. The van der Waals surface area contributed by atoms with Gasteiger partial charge in [0.1, 0.15) is 0 Å². The van der Waals surface area contributed by atoms with Gasteiger partial charge in [-0.3, -0.25) is 4.79 Å². The highest BCUT2D eigenvalue weighted by atomic mass is 16.5. The van der Waals surface area contributed by atoms with Crippen molar-refractivity contribution in [2.24, 2.45) is 11.7 Å². The van der Waals surface area contributed by atoms with Crippen LogP contribution in [0.25, 0.3) is 0 Å². The summed E-state index contributed by atoms with van der Waals surface area (Å²) in [6, 6.07) is 18.5. The Bertz CT molecular complexity index is 725. The van der Waals surface area contributed by atoms with E-state index in [4.69, 9.17) is 20.5 Å². The van der Waals surface area contributed by atoms with Gasteiger partial charge < -0.3 is 15.2 Å². The molecule has 2 rings (SSSR count). The summed E-state index contributed by atoms with van der Waals surface area (Å²) >= 11 is 0. The number of nitrogens with two attached hydrogens (primary N) is 1. The summed E-state index contributed by atoms with van der Waals surface area (Å²) in [4.78, 5) is 12.1. The normalized spacial score (nSPS) is 12.8. The van der Waals surface area contributed by atoms with Crippen molar-refractivity contribution in [2.45, 2.75) is 19.1 Å². The lowest BCUT2D eigenvalue weighted by atomic mass is 9.92. The molecular formula is C20H22N2O3. The van der Waals surface area contributed by atoms with Crippen molar-refractivity contribution >= 4 is 5.97 Å². The largest absolute Gasteiger partial charge is 0.469 e. The van der Waals surface area contributed by atoms with Crippen LogP contribution < -0.4 is 5.73 Å². The molecule has 2 aromatic carbocycles. The standard InChI is InChI=1S/C20H22N2O3/c1-24-20(23)18(11-16-8-5-9-17(10-16)12-21)19(22)14-25-13-15-6-3-2-4-7-15/h2-10,18-19H,11,13-14,22H2,1H3. The van der Waals surface area contributed by atoms with Gasteiger partial charge in [0.05, 0.1) is 37.9 Å². The molecule has 5 nitrogen and oxygen atoms in total. The van der Waals surface area contributed by atoms with Gasteiger partial charge in [-0.25, -0.2) is 0 Å². The first kappa shape index (κ1) is 18.7. The van der Waals surface area contributed by atoms with Gasteiger partial charge in [-0.15, -0.1) is 0 Å². The van der Waals surface area contributed by atoms with Crippen molar-refractivity contribution in [3.63, 3.8) is 0 Å². The van der Waals surface area contributed by atoms with Crippen LogP contribution in [0.1, 0.15) is 16.7 Å². The summed E-state index contributed by atoms with van der Waals surface area (Å²) < 4.78 is 10.5. The van der Waals surface area contributed by atoms with Crippen LogP contribution in [0.2, 0.25) is 0 Å². The van der Waals surface area contributed by atoms with Gasteiger partial charge in [0.2, 0.25) is 0 Å². The van der Waals surface area contributed by atoms with Crippen LogP contribution >= 0.6 is 0 Å². The van der Waals surface area contributed by atoms with E-state index in [1.165, 1.54) is 7.11 Å². The maximum Gasteiger partial charge on any atom is 0.310 e. The monoisotopic (exact) mass is 338 g/mol. The summed E-state index contributed by atoms with van der Waals surface area (Å²) in [5.41, 5.74) is 8.65. The lowest BCUT2D eigenvalue weighted by Gasteiger charge is -2.22. The summed E-state index contributed by atoms with van der Waals surface area (Å²) in [5, 5.41) is 9.00. The first-order valence-electron chi connectivity index (χ1n) is 8.08. The zero-order valence-electron chi connectivity index (χ0n) is 14.2. The maximum atomic E-state index is 12.1. The predicted molar refractivity (Wildman–Crippen MR) is 94.4 cm³/mol. The molecule has 0 fully saturated rings. The second-order valence-electron chi connectivity index (χ2n) is 5.81. The summed E-state index contributed by atoms with van der Waals surface area (Å²) in [6.07, 6.45) is 0.401. The molecule has 0 aromatic heterocycles. The topological polar surface area (TPSA) is 85.3 Å². The number of ether oxygens (including phenoxy) is 2. The Kier molecular flexibility index (Phi) is 7.15. The highest BCUT2D eigenvalue weighted by Crippen LogP contribution is 2.16. The molecule has 2 unspecified atom stereocenters. The van der Waals surface area contributed by atoms with Gasteiger partial charge in [-0.1, -0.05) is 42.5 Å². The van der Waals surface area contributed by atoms with E-state index in [-0.39, 0.29) is 12.6 Å². The van der Waals surface area contributed by atoms with Gasteiger partial charge in [0.15, 0.2) is 0 Å². The van der Waals surface area contributed by atoms with E-state index in [9.17, 15) is 4.79 Å². The highest BCUT2D eigenvalue weighted by Gasteiger charge is 2.27. The molecule has 0 saturated carbocycles. The fourth-order valence-electron chi connectivity index (χ4n) is 2.59. The SMILES string of the molecule is COC(=O)C(Cc1cccc(C#N)c1)C(N)COCc1ccccc1. The number of nitrogens with zero attached hydrogens (tertiary/aromatic N) is 1. The molecule has 0 saturated heterocycles. The van der Waals surface area contributed by atoms with Gasteiger partial charge >= 0.3 is 5.97 Å². The summed E-state index contributed by atoms with van der Waals surface area (Å²) in [7, 11) is 1.35. The second-order valence-corrected chi connectivity index (χ2v) is 5.81. The van der Waals surface area contributed by atoms with Crippen molar-refractivity contribution < 1.29 is 14.3 Å². The zero-order valence-corrected chi connectivity index (χ0v) is 14.2. The lowest BCUT2D eigenvalue weighted by molar-refractivity contribution is -0.146. The molecule has 2 aromatic rings. The molecule has 0 bridgehead atoms. The molecule has 2 N–H and O–H groups in total. The smallest absolute Gasteiger partial charge is 0.310 e. The molecule has 25 heavy (non-hydrogen) atoms. The summed E-state index contributed by atoms with van der Waals surface area (Å²) in [5.74, 6) is -0.909. The number of carbonyl (C=O) groups is 1. The molecule has 0 heterocycles. The van der Waals surface area contributed by atoms with Crippen LogP contribution in [0.5, 0.6) is 0 Å². The van der Waals surface area contributed by atoms with E-state index >= 15 is 0 Å². The first-order chi connectivity index (χ1) is 12.1. The molecule has 0 spiro atoms. The summed E-state index contributed by atoms with van der Waals surface area (Å²) in [6.45, 7) is 0.680. The number of hydrogen-bond donors (Lipinski definition) is 1. The number of carbonyl (C=O) groups excluding carboxylic acids is 1. The average Bonchev–Trinajstić information content (AvgIpc) is 2.66. The van der Waals surface area contributed by atoms with Gasteiger partial charge in [-0.05, 0) is 29.7 Å². The Hall–Kier alpha value is -2.68. The number of hydrogen-bond acceptors (Lipinski definition) is 5. The number of benzene rings is 2. The van der Waals surface area contributed by atoms with E-state index in [0.717, 1.165) is 11.1 Å². The molecule has 0 amide bonds. The minimum absolute atomic E-state index is 0.243. The van der Waals surface area contributed by atoms with E-state index in [1.54, 1.807) is 18.2 Å². The van der Waals surface area contributed by atoms with Crippen LogP contribution in [0.15, 0.2) is 54.6 Å². The van der Waals surface area contributed by atoms with E-state index in [0.29, 0.717) is 18.6 Å². The van der Waals surface area contributed by atoms with Crippen LogP contribution in [0, 0.1) is 17.2 Å². The van der Waals surface area contributed by atoms with Gasteiger partial charge in [0.25, 0.3) is 0 Å². The molecular weight excluding hydrogens is 316 g/mol. The second kappa shape index (κ2) is 9.58. The van der Waals surface area contributed by atoms with Crippen molar-refractivity contribution in [3.8, 4) is 6.07 Å². The van der Waals surface area contributed by atoms with Crippen LogP contribution in [-0.2, 0) is 27.3 Å². The number of esters is 1. The third-order valence-electron chi connectivity index (χ3n) is 3.95. The predicted octanol–water partition coefficient (Wildman–Crippen LogP) is 2.43.